The lowest BCUT2D eigenvalue weighted by Crippen LogP contribution is -2.45. The Hall–Kier alpha value is -1.40. The smallest absolute Gasteiger partial charge is 0.305 e. The van der Waals surface area contributed by atoms with E-state index in [1.165, 1.54) is 315 Å². The number of unbranched alkanes of at least 4 members (excludes halogenated alkanes) is 52. The summed E-state index contributed by atoms with van der Waals surface area (Å²) in [6, 6.07) is -0.624. The van der Waals surface area contributed by atoms with Crippen molar-refractivity contribution < 1.29 is 24.5 Å². The standard InChI is InChI=1S/C67H131NO5/c1-3-5-7-9-11-13-15-17-32-37-41-45-49-53-57-61-67(72)73-62-58-54-50-46-42-38-34-31-29-27-25-23-21-19-18-20-22-24-26-28-30-33-36-40-44-48-52-56-60-66(71)68-64(63-69)65(70)59-55-51-47-43-39-35-16-14-12-10-8-6-4-2/h55,59,64-65,69-70H,3-54,56-58,60-63H2,1-2H3,(H,68,71)/b59-55+. The topological polar surface area (TPSA) is 95.9 Å². The number of nitrogens with one attached hydrogen (secondary N) is 1. The molecule has 0 fully saturated rings. The van der Waals surface area contributed by atoms with Gasteiger partial charge in [0.15, 0.2) is 0 Å². The zero-order valence-corrected chi connectivity index (χ0v) is 49.6. The zero-order valence-electron chi connectivity index (χ0n) is 49.6. The van der Waals surface area contributed by atoms with Gasteiger partial charge in [-0.2, -0.15) is 0 Å². The SMILES string of the molecule is CCCCCCCCCCCCC/C=C/C(O)C(CO)NC(=O)CCCCCCCCCCCCCCCCCCCCCCCCCCCCCCOC(=O)CCCCCCCCCCCCCCCCC. The molecule has 0 aromatic heterocycles. The van der Waals surface area contributed by atoms with E-state index in [4.69, 9.17) is 4.74 Å². The van der Waals surface area contributed by atoms with Crippen LogP contribution < -0.4 is 5.32 Å². The quantitative estimate of drug-likeness (QED) is 0.0320. The summed E-state index contributed by atoms with van der Waals surface area (Å²) in [6.07, 6.45) is 77.1. The average Bonchev–Trinajstić information content (AvgIpc) is 3.39. The van der Waals surface area contributed by atoms with Gasteiger partial charge in [0.05, 0.1) is 25.4 Å². The van der Waals surface area contributed by atoms with Gasteiger partial charge in [-0.05, 0) is 32.1 Å². The number of hydrogen-bond acceptors (Lipinski definition) is 5. The predicted molar refractivity (Wildman–Crippen MR) is 320 cm³/mol. The first-order chi connectivity index (χ1) is 36.0. The highest BCUT2D eigenvalue weighted by Crippen LogP contribution is 2.19. The molecule has 0 saturated heterocycles. The number of esters is 1. The Morgan fingerprint density at radius 2 is 0.630 bits per heavy atom. The summed E-state index contributed by atoms with van der Waals surface area (Å²) < 4.78 is 5.50. The molecule has 0 aliphatic carbocycles. The van der Waals surface area contributed by atoms with Gasteiger partial charge in [0.25, 0.3) is 0 Å². The summed E-state index contributed by atoms with van der Waals surface area (Å²) >= 11 is 0. The maximum atomic E-state index is 12.5. The van der Waals surface area contributed by atoms with Crippen molar-refractivity contribution in [3.8, 4) is 0 Å². The maximum absolute atomic E-state index is 12.5. The number of ether oxygens (including phenoxy) is 1. The van der Waals surface area contributed by atoms with Crippen LogP contribution in [0.1, 0.15) is 380 Å². The molecule has 0 radical (unpaired) electrons. The summed E-state index contributed by atoms with van der Waals surface area (Å²) in [4.78, 5) is 24.5. The molecule has 0 aromatic rings. The zero-order chi connectivity index (χ0) is 52.9. The molecule has 434 valence electrons. The van der Waals surface area contributed by atoms with Gasteiger partial charge in [-0.3, -0.25) is 9.59 Å². The normalized spacial score (nSPS) is 12.5. The second-order valence-electron chi connectivity index (χ2n) is 23.2. The first kappa shape index (κ1) is 71.6. The Balaban J connectivity index is 3.33. The van der Waals surface area contributed by atoms with Crippen molar-refractivity contribution in [1.82, 2.24) is 5.32 Å². The summed E-state index contributed by atoms with van der Waals surface area (Å²) in [7, 11) is 0. The van der Waals surface area contributed by atoms with E-state index in [0.717, 1.165) is 38.5 Å². The highest BCUT2D eigenvalue weighted by molar-refractivity contribution is 5.76. The summed E-state index contributed by atoms with van der Waals surface area (Å²) in [5.41, 5.74) is 0. The Morgan fingerprint density at radius 1 is 0.370 bits per heavy atom. The summed E-state index contributed by atoms with van der Waals surface area (Å²) in [5, 5.41) is 23.1. The van der Waals surface area contributed by atoms with E-state index in [9.17, 15) is 19.8 Å². The molecule has 2 unspecified atom stereocenters. The Kier molecular flexibility index (Phi) is 61.9. The van der Waals surface area contributed by atoms with Crippen LogP contribution >= 0.6 is 0 Å². The van der Waals surface area contributed by atoms with Crippen LogP contribution in [-0.2, 0) is 14.3 Å². The molecule has 6 heteroatoms. The molecule has 0 spiro atoms. The van der Waals surface area contributed by atoms with E-state index in [2.05, 4.69) is 19.2 Å². The summed E-state index contributed by atoms with van der Waals surface area (Å²) in [5.74, 6) is -0.0410. The molecule has 2 atom stereocenters. The lowest BCUT2D eigenvalue weighted by atomic mass is 10.0. The van der Waals surface area contributed by atoms with Crippen molar-refractivity contribution in [3.63, 3.8) is 0 Å². The third-order valence-corrected chi connectivity index (χ3v) is 15.8. The van der Waals surface area contributed by atoms with Crippen LogP contribution in [0.25, 0.3) is 0 Å². The van der Waals surface area contributed by atoms with Crippen molar-refractivity contribution >= 4 is 11.9 Å². The molecule has 0 rings (SSSR count). The molecular weight excluding hydrogens is 899 g/mol. The first-order valence-electron chi connectivity index (χ1n) is 33.5. The van der Waals surface area contributed by atoms with E-state index in [1.807, 2.05) is 6.08 Å². The van der Waals surface area contributed by atoms with Gasteiger partial charge in [0.2, 0.25) is 5.91 Å². The molecule has 0 heterocycles. The molecule has 1 amide bonds. The number of amides is 1. The van der Waals surface area contributed by atoms with Crippen LogP contribution in [0.3, 0.4) is 0 Å². The van der Waals surface area contributed by atoms with Gasteiger partial charge >= 0.3 is 5.97 Å². The van der Waals surface area contributed by atoms with Crippen molar-refractivity contribution in [3.05, 3.63) is 12.2 Å². The molecule has 0 aromatic carbocycles. The molecule has 0 saturated carbocycles. The molecule has 0 bridgehead atoms. The van der Waals surface area contributed by atoms with Crippen molar-refractivity contribution in [2.45, 2.75) is 392 Å². The van der Waals surface area contributed by atoms with Crippen molar-refractivity contribution in [2.75, 3.05) is 13.2 Å². The monoisotopic (exact) mass is 1030 g/mol. The fourth-order valence-electron chi connectivity index (χ4n) is 10.7. The van der Waals surface area contributed by atoms with Gasteiger partial charge in [-0.15, -0.1) is 0 Å². The van der Waals surface area contributed by atoms with Gasteiger partial charge in [0.1, 0.15) is 0 Å². The second kappa shape index (κ2) is 63.1. The van der Waals surface area contributed by atoms with Crippen LogP contribution in [-0.4, -0.2) is 47.4 Å². The minimum Gasteiger partial charge on any atom is -0.466 e. The average molecular weight is 1030 g/mol. The largest absolute Gasteiger partial charge is 0.466 e. The van der Waals surface area contributed by atoms with E-state index < -0.39 is 12.1 Å². The van der Waals surface area contributed by atoms with E-state index in [-0.39, 0.29) is 18.5 Å². The third kappa shape index (κ3) is 59.7. The Bertz CT molecular complexity index is 1100. The highest BCUT2D eigenvalue weighted by Gasteiger charge is 2.18. The van der Waals surface area contributed by atoms with Crippen LogP contribution in [0.5, 0.6) is 0 Å². The fraction of sp³-hybridized carbons (Fsp3) is 0.940. The molecule has 73 heavy (non-hydrogen) atoms. The first-order valence-corrected chi connectivity index (χ1v) is 33.5. The van der Waals surface area contributed by atoms with Gasteiger partial charge in [0, 0.05) is 12.8 Å². The molecule has 0 aliphatic rings. The van der Waals surface area contributed by atoms with Crippen molar-refractivity contribution in [1.29, 1.82) is 0 Å². The van der Waals surface area contributed by atoms with Crippen molar-refractivity contribution in [2.24, 2.45) is 0 Å². The van der Waals surface area contributed by atoms with E-state index >= 15 is 0 Å². The van der Waals surface area contributed by atoms with Crippen LogP contribution in [0, 0.1) is 0 Å². The molecule has 0 aliphatic heterocycles. The van der Waals surface area contributed by atoms with Crippen LogP contribution in [0.2, 0.25) is 0 Å². The van der Waals surface area contributed by atoms with E-state index in [1.54, 1.807) is 6.08 Å². The number of aliphatic hydroxyl groups is 2. The maximum Gasteiger partial charge on any atom is 0.305 e. The minimum atomic E-state index is -0.840. The minimum absolute atomic E-state index is 0.0221. The van der Waals surface area contributed by atoms with E-state index in [0.29, 0.717) is 19.4 Å². The number of hydrogen-bond donors (Lipinski definition) is 3. The van der Waals surface area contributed by atoms with Crippen LogP contribution in [0.15, 0.2) is 12.2 Å². The fourth-order valence-corrected chi connectivity index (χ4v) is 10.7. The van der Waals surface area contributed by atoms with Gasteiger partial charge < -0.3 is 20.3 Å². The second-order valence-corrected chi connectivity index (χ2v) is 23.2. The molecular formula is C67H131NO5. The lowest BCUT2D eigenvalue weighted by Gasteiger charge is -2.20. The predicted octanol–water partition coefficient (Wildman–Crippen LogP) is 21.2. The van der Waals surface area contributed by atoms with Crippen LogP contribution in [0.4, 0.5) is 0 Å². The highest BCUT2D eigenvalue weighted by atomic mass is 16.5. The number of aliphatic hydroxyl groups excluding tert-OH is 2. The lowest BCUT2D eigenvalue weighted by molar-refractivity contribution is -0.143. The Morgan fingerprint density at radius 3 is 0.932 bits per heavy atom. The summed E-state index contributed by atoms with van der Waals surface area (Å²) in [6.45, 7) is 4.93. The molecule has 3 N–H and O–H groups in total. The Labute approximate surface area is 457 Å². The number of carbonyl (C=O) groups excluding carboxylic acids is 2. The number of carbonyl (C=O) groups is 2. The number of rotatable bonds is 63. The number of allylic oxidation sites excluding steroid dienone is 1. The van der Waals surface area contributed by atoms with Gasteiger partial charge in [-0.25, -0.2) is 0 Å². The van der Waals surface area contributed by atoms with Gasteiger partial charge in [-0.1, -0.05) is 347 Å². The third-order valence-electron chi connectivity index (χ3n) is 15.8. The molecule has 6 nitrogen and oxygen atoms in total.